The highest BCUT2D eigenvalue weighted by Gasteiger charge is 2.31. The zero-order valence-corrected chi connectivity index (χ0v) is 15.6. The molecule has 1 fully saturated rings. The lowest BCUT2D eigenvalue weighted by atomic mass is 10.1. The highest BCUT2D eigenvalue weighted by Crippen LogP contribution is 2.21. The van der Waals surface area contributed by atoms with E-state index >= 15 is 0 Å². The van der Waals surface area contributed by atoms with Crippen molar-refractivity contribution in [1.82, 2.24) is 9.88 Å². The van der Waals surface area contributed by atoms with Gasteiger partial charge in [0.15, 0.2) is 0 Å². The molecule has 1 N–H and O–H groups in total. The Hall–Kier alpha value is -3.00. The number of pyridine rings is 1. The fourth-order valence-corrected chi connectivity index (χ4v) is 3.03. The van der Waals surface area contributed by atoms with Crippen molar-refractivity contribution in [3.8, 4) is 5.88 Å². The summed E-state index contributed by atoms with van der Waals surface area (Å²) < 4.78 is 24.6. The Morgan fingerprint density at radius 1 is 1.32 bits per heavy atom. The van der Waals surface area contributed by atoms with Crippen molar-refractivity contribution in [2.24, 2.45) is 0 Å². The minimum Gasteiger partial charge on any atom is -0.477 e. The van der Waals surface area contributed by atoms with Crippen LogP contribution in [-0.4, -0.2) is 54.1 Å². The molecular formula is C20H22FN3O4. The molecule has 148 valence electrons. The van der Waals surface area contributed by atoms with E-state index in [1.165, 1.54) is 12.1 Å². The number of nitrogens with zero attached hydrogens (tertiary/aromatic N) is 2. The van der Waals surface area contributed by atoms with Gasteiger partial charge in [0, 0.05) is 19.2 Å². The average Bonchev–Trinajstić information content (AvgIpc) is 2.70. The van der Waals surface area contributed by atoms with Gasteiger partial charge >= 0.3 is 0 Å². The molecule has 8 heteroatoms. The van der Waals surface area contributed by atoms with Crippen molar-refractivity contribution in [3.05, 3.63) is 54.0 Å². The SMILES string of the molecule is CCOc1ncccc1C(=O)N1CCOC[C@@H]1CC(=O)Nc1ccccc1F. The number of ether oxygens (including phenoxy) is 2. The van der Waals surface area contributed by atoms with Crippen LogP contribution in [0.2, 0.25) is 0 Å². The fourth-order valence-electron chi connectivity index (χ4n) is 3.03. The maximum absolute atomic E-state index is 13.7. The maximum Gasteiger partial charge on any atom is 0.259 e. The Labute approximate surface area is 162 Å². The van der Waals surface area contributed by atoms with Gasteiger partial charge in [-0.25, -0.2) is 9.37 Å². The molecule has 2 amide bonds. The standard InChI is InChI=1S/C20H22FN3O4/c1-2-28-19-15(6-5-9-22-19)20(26)24-10-11-27-13-14(24)12-18(25)23-17-8-4-3-7-16(17)21/h3-9,14H,2,10-13H2,1H3,(H,23,25)/t14-/m0/s1. The first kappa shape index (κ1) is 19.8. The number of halogens is 1. The van der Waals surface area contributed by atoms with E-state index in [2.05, 4.69) is 10.3 Å². The molecular weight excluding hydrogens is 365 g/mol. The summed E-state index contributed by atoms with van der Waals surface area (Å²) >= 11 is 0. The van der Waals surface area contributed by atoms with Gasteiger partial charge in [0.1, 0.15) is 11.4 Å². The summed E-state index contributed by atoms with van der Waals surface area (Å²) in [6.07, 6.45) is 1.55. The van der Waals surface area contributed by atoms with Gasteiger partial charge in [-0.3, -0.25) is 9.59 Å². The Balaban J connectivity index is 1.73. The molecule has 0 saturated carbocycles. The maximum atomic E-state index is 13.7. The monoisotopic (exact) mass is 387 g/mol. The van der Waals surface area contributed by atoms with E-state index in [0.29, 0.717) is 25.3 Å². The van der Waals surface area contributed by atoms with E-state index in [0.717, 1.165) is 0 Å². The van der Waals surface area contributed by atoms with Crippen molar-refractivity contribution in [3.63, 3.8) is 0 Å². The number of carbonyl (C=O) groups is 2. The summed E-state index contributed by atoms with van der Waals surface area (Å²) in [7, 11) is 0. The van der Waals surface area contributed by atoms with E-state index in [-0.39, 0.29) is 30.5 Å². The summed E-state index contributed by atoms with van der Waals surface area (Å²) in [5.41, 5.74) is 0.443. The number of benzene rings is 1. The zero-order chi connectivity index (χ0) is 19.9. The van der Waals surface area contributed by atoms with Crippen LogP contribution in [0.25, 0.3) is 0 Å². The van der Waals surface area contributed by atoms with Crippen LogP contribution in [0.15, 0.2) is 42.6 Å². The summed E-state index contributed by atoms with van der Waals surface area (Å²) in [5.74, 6) is -0.922. The van der Waals surface area contributed by atoms with Crippen LogP contribution >= 0.6 is 0 Å². The number of carbonyl (C=O) groups excluding carboxylic acids is 2. The second-order valence-electron chi connectivity index (χ2n) is 6.25. The third-order valence-electron chi connectivity index (χ3n) is 4.34. The van der Waals surface area contributed by atoms with E-state index in [1.54, 1.807) is 35.4 Å². The quantitative estimate of drug-likeness (QED) is 0.824. The molecule has 1 aromatic carbocycles. The zero-order valence-electron chi connectivity index (χ0n) is 15.6. The normalized spacial score (nSPS) is 16.5. The van der Waals surface area contributed by atoms with E-state index in [9.17, 15) is 14.0 Å². The van der Waals surface area contributed by atoms with E-state index in [4.69, 9.17) is 9.47 Å². The van der Waals surface area contributed by atoms with Crippen molar-refractivity contribution in [1.29, 1.82) is 0 Å². The van der Waals surface area contributed by atoms with Crippen LogP contribution in [0, 0.1) is 5.82 Å². The largest absolute Gasteiger partial charge is 0.477 e. The molecule has 3 rings (SSSR count). The number of para-hydroxylation sites is 1. The molecule has 2 aromatic rings. The smallest absolute Gasteiger partial charge is 0.259 e. The van der Waals surface area contributed by atoms with Gasteiger partial charge in [-0.05, 0) is 31.2 Å². The molecule has 1 aliphatic heterocycles. The van der Waals surface area contributed by atoms with Crippen LogP contribution in [0.1, 0.15) is 23.7 Å². The molecule has 1 aromatic heterocycles. The predicted molar refractivity (Wildman–Crippen MR) is 101 cm³/mol. The lowest BCUT2D eigenvalue weighted by Crippen LogP contribution is -2.50. The third kappa shape index (κ3) is 4.64. The second kappa shape index (κ2) is 9.27. The first-order valence-corrected chi connectivity index (χ1v) is 9.11. The number of aromatic nitrogens is 1. The third-order valence-corrected chi connectivity index (χ3v) is 4.34. The number of nitrogens with one attached hydrogen (secondary N) is 1. The molecule has 28 heavy (non-hydrogen) atoms. The minimum absolute atomic E-state index is 0.00962. The van der Waals surface area contributed by atoms with Crippen molar-refractivity contribution < 1.29 is 23.5 Å². The Morgan fingerprint density at radius 3 is 2.93 bits per heavy atom. The lowest BCUT2D eigenvalue weighted by Gasteiger charge is -2.35. The van der Waals surface area contributed by atoms with Gasteiger partial charge < -0.3 is 19.7 Å². The van der Waals surface area contributed by atoms with Gasteiger partial charge in [0.25, 0.3) is 5.91 Å². The molecule has 7 nitrogen and oxygen atoms in total. The van der Waals surface area contributed by atoms with Gasteiger partial charge in [0.05, 0.1) is 31.5 Å². The molecule has 0 radical (unpaired) electrons. The summed E-state index contributed by atoms with van der Waals surface area (Å²) in [6.45, 7) is 3.14. The number of rotatable bonds is 6. The predicted octanol–water partition coefficient (Wildman–Crippen LogP) is 2.49. The van der Waals surface area contributed by atoms with Crippen molar-refractivity contribution in [2.45, 2.75) is 19.4 Å². The molecule has 1 saturated heterocycles. The summed E-state index contributed by atoms with van der Waals surface area (Å²) in [6, 6.07) is 8.77. The first-order chi connectivity index (χ1) is 13.6. The lowest BCUT2D eigenvalue weighted by molar-refractivity contribution is -0.118. The Kier molecular flexibility index (Phi) is 6.54. The van der Waals surface area contributed by atoms with Crippen molar-refractivity contribution in [2.75, 3.05) is 31.7 Å². The summed E-state index contributed by atoms with van der Waals surface area (Å²) in [5, 5.41) is 2.54. The topological polar surface area (TPSA) is 80.8 Å². The molecule has 0 aliphatic carbocycles. The Morgan fingerprint density at radius 2 is 2.14 bits per heavy atom. The first-order valence-electron chi connectivity index (χ1n) is 9.11. The van der Waals surface area contributed by atoms with Crippen LogP contribution in [0.3, 0.4) is 0 Å². The molecule has 0 bridgehead atoms. The average molecular weight is 387 g/mol. The number of amides is 2. The minimum atomic E-state index is -0.514. The van der Waals surface area contributed by atoms with Gasteiger partial charge in [0.2, 0.25) is 11.8 Å². The molecule has 1 atom stereocenters. The van der Waals surface area contributed by atoms with Gasteiger partial charge in [-0.2, -0.15) is 0 Å². The molecule has 0 spiro atoms. The Bertz CT molecular complexity index is 846. The van der Waals surface area contributed by atoms with Crippen LogP contribution in [0.4, 0.5) is 10.1 Å². The van der Waals surface area contributed by atoms with Crippen LogP contribution in [0.5, 0.6) is 5.88 Å². The number of hydrogen-bond acceptors (Lipinski definition) is 5. The number of morpholine rings is 1. The molecule has 0 unspecified atom stereocenters. The molecule has 1 aliphatic rings. The number of hydrogen-bond donors (Lipinski definition) is 1. The fraction of sp³-hybridized carbons (Fsp3) is 0.350. The highest BCUT2D eigenvalue weighted by atomic mass is 19.1. The van der Waals surface area contributed by atoms with Gasteiger partial charge in [-0.15, -0.1) is 0 Å². The highest BCUT2D eigenvalue weighted by molar-refractivity contribution is 5.97. The van der Waals surface area contributed by atoms with Crippen molar-refractivity contribution >= 4 is 17.5 Å². The van der Waals surface area contributed by atoms with E-state index < -0.39 is 17.8 Å². The van der Waals surface area contributed by atoms with Gasteiger partial charge in [-0.1, -0.05) is 12.1 Å². The summed E-state index contributed by atoms with van der Waals surface area (Å²) in [4.78, 5) is 31.2. The van der Waals surface area contributed by atoms with Crippen LogP contribution in [-0.2, 0) is 9.53 Å². The van der Waals surface area contributed by atoms with E-state index in [1.807, 2.05) is 6.92 Å². The second-order valence-corrected chi connectivity index (χ2v) is 6.25. The number of anilines is 1. The molecule has 2 heterocycles. The van der Waals surface area contributed by atoms with Crippen LogP contribution < -0.4 is 10.1 Å².